The summed E-state index contributed by atoms with van der Waals surface area (Å²) in [4.78, 5) is 46.7. The Hall–Kier alpha value is -3.39. The number of benzene rings is 2. The number of rotatable bonds is 7. The molecule has 0 aromatic heterocycles. The molecule has 0 spiro atoms. The van der Waals surface area contributed by atoms with Crippen LogP contribution in [0.3, 0.4) is 0 Å². The number of nitrogens with one attached hydrogen (secondary N) is 3. The highest BCUT2D eigenvalue weighted by molar-refractivity contribution is 6.30. The van der Waals surface area contributed by atoms with E-state index in [0.717, 1.165) is 0 Å². The van der Waals surface area contributed by atoms with E-state index in [4.69, 9.17) is 16.3 Å². The maximum Gasteiger partial charge on any atom is 0.325 e. The Morgan fingerprint density at radius 1 is 0.929 bits per heavy atom. The van der Waals surface area contributed by atoms with Crippen LogP contribution >= 0.6 is 11.6 Å². The average Bonchev–Trinajstić information content (AvgIpc) is 2.67. The minimum Gasteiger partial charge on any atom is -0.456 e. The van der Waals surface area contributed by atoms with Gasteiger partial charge in [0.2, 0.25) is 0 Å². The number of para-hydroxylation sites is 1. The van der Waals surface area contributed by atoms with Crippen LogP contribution in [0, 0.1) is 0 Å². The molecule has 0 fully saturated rings. The molecule has 4 amide bonds. The maximum absolute atomic E-state index is 11.9. The number of amides is 4. The summed E-state index contributed by atoms with van der Waals surface area (Å²) in [6.45, 7) is -0.567. The SMILES string of the molecule is O=C(COC(=O)CCNC(=O)c1ccc(Cl)cc1)NC(=O)Nc1ccccc1. The number of hydrogen-bond acceptors (Lipinski definition) is 5. The first kappa shape index (κ1) is 20.9. The molecule has 0 saturated heterocycles. The van der Waals surface area contributed by atoms with Gasteiger partial charge in [-0.05, 0) is 36.4 Å². The van der Waals surface area contributed by atoms with Gasteiger partial charge >= 0.3 is 12.0 Å². The summed E-state index contributed by atoms with van der Waals surface area (Å²) in [5.41, 5.74) is 0.919. The normalized spacial score (nSPS) is 9.89. The number of hydrogen-bond donors (Lipinski definition) is 3. The van der Waals surface area contributed by atoms with Gasteiger partial charge in [-0.15, -0.1) is 0 Å². The van der Waals surface area contributed by atoms with Crippen molar-refractivity contribution in [2.24, 2.45) is 0 Å². The van der Waals surface area contributed by atoms with Gasteiger partial charge in [0.05, 0.1) is 6.42 Å². The number of halogens is 1. The van der Waals surface area contributed by atoms with Crippen LogP contribution in [0.15, 0.2) is 54.6 Å². The van der Waals surface area contributed by atoms with Gasteiger partial charge in [-0.25, -0.2) is 4.79 Å². The lowest BCUT2D eigenvalue weighted by atomic mass is 10.2. The molecule has 0 bridgehead atoms. The summed E-state index contributed by atoms with van der Waals surface area (Å²) >= 11 is 5.74. The fourth-order valence-corrected chi connectivity index (χ4v) is 2.17. The first-order valence-electron chi connectivity index (χ1n) is 8.29. The lowest BCUT2D eigenvalue weighted by Gasteiger charge is -2.08. The molecule has 0 heterocycles. The van der Waals surface area contributed by atoms with E-state index in [1.54, 1.807) is 54.6 Å². The second kappa shape index (κ2) is 10.7. The van der Waals surface area contributed by atoms with E-state index in [0.29, 0.717) is 16.3 Å². The van der Waals surface area contributed by atoms with Crippen LogP contribution in [0.5, 0.6) is 0 Å². The van der Waals surface area contributed by atoms with Gasteiger partial charge in [-0.3, -0.25) is 19.7 Å². The van der Waals surface area contributed by atoms with E-state index in [1.807, 2.05) is 5.32 Å². The molecule has 8 nitrogen and oxygen atoms in total. The maximum atomic E-state index is 11.9. The van der Waals surface area contributed by atoms with E-state index >= 15 is 0 Å². The Morgan fingerprint density at radius 2 is 1.61 bits per heavy atom. The lowest BCUT2D eigenvalue weighted by molar-refractivity contribution is -0.148. The van der Waals surface area contributed by atoms with Crippen molar-refractivity contribution < 1.29 is 23.9 Å². The van der Waals surface area contributed by atoms with Crippen molar-refractivity contribution in [2.45, 2.75) is 6.42 Å². The van der Waals surface area contributed by atoms with Gasteiger partial charge in [0.25, 0.3) is 11.8 Å². The van der Waals surface area contributed by atoms with Crippen LogP contribution in [0.1, 0.15) is 16.8 Å². The molecule has 0 aliphatic rings. The highest BCUT2D eigenvalue weighted by Gasteiger charge is 2.12. The zero-order chi connectivity index (χ0) is 20.4. The summed E-state index contributed by atoms with van der Waals surface area (Å²) in [5.74, 6) is -1.82. The summed E-state index contributed by atoms with van der Waals surface area (Å²) in [6.07, 6.45) is -0.122. The summed E-state index contributed by atoms with van der Waals surface area (Å²) in [5, 5.41) is 7.56. The fourth-order valence-electron chi connectivity index (χ4n) is 2.05. The molecule has 2 aromatic rings. The van der Waals surface area contributed by atoms with Gasteiger partial charge < -0.3 is 15.4 Å². The molecule has 0 aliphatic heterocycles. The summed E-state index contributed by atoms with van der Waals surface area (Å²) in [7, 11) is 0. The zero-order valence-corrected chi connectivity index (χ0v) is 15.5. The smallest absolute Gasteiger partial charge is 0.325 e. The lowest BCUT2D eigenvalue weighted by Crippen LogP contribution is -2.37. The monoisotopic (exact) mass is 403 g/mol. The Balaban J connectivity index is 1.62. The third kappa shape index (κ3) is 7.46. The number of anilines is 1. The molecule has 9 heteroatoms. The molecule has 0 saturated carbocycles. The molecule has 0 radical (unpaired) electrons. The second-order valence-corrected chi connectivity index (χ2v) is 5.98. The Kier molecular flexibility index (Phi) is 7.98. The highest BCUT2D eigenvalue weighted by Crippen LogP contribution is 2.09. The van der Waals surface area contributed by atoms with Crippen molar-refractivity contribution in [1.82, 2.24) is 10.6 Å². The summed E-state index contributed by atoms with van der Waals surface area (Å²) in [6, 6.07) is 14.1. The predicted molar refractivity (Wildman–Crippen MR) is 103 cm³/mol. The molecular weight excluding hydrogens is 386 g/mol. The molecule has 2 aromatic carbocycles. The third-order valence-corrected chi connectivity index (χ3v) is 3.62. The number of esters is 1. The van der Waals surface area contributed by atoms with Crippen molar-refractivity contribution in [1.29, 1.82) is 0 Å². The predicted octanol–water partition coefficient (Wildman–Crippen LogP) is 2.35. The van der Waals surface area contributed by atoms with Gasteiger partial charge in [0.15, 0.2) is 6.61 Å². The minimum absolute atomic E-state index is 0.0381. The van der Waals surface area contributed by atoms with Gasteiger partial charge in [-0.2, -0.15) is 0 Å². The molecule has 3 N–H and O–H groups in total. The topological polar surface area (TPSA) is 114 Å². The van der Waals surface area contributed by atoms with Crippen molar-refractivity contribution in [3.63, 3.8) is 0 Å². The molecule has 146 valence electrons. The number of urea groups is 1. The number of carbonyl (C=O) groups excluding carboxylic acids is 4. The van der Waals surface area contributed by atoms with Gasteiger partial charge in [0.1, 0.15) is 0 Å². The fraction of sp³-hybridized carbons (Fsp3) is 0.158. The molecule has 0 atom stereocenters. The average molecular weight is 404 g/mol. The third-order valence-electron chi connectivity index (χ3n) is 3.37. The van der Waals surface area contributed by atoms with Crippen LogP contribution in [0.25, 0.3) is 0 Å². The van der Waals surface area contributed by atoms with Crippen LogP contribution < -0.4 is 16.0 Å². The first-order valence-corrected chi connectivity index (χ1v) is 8.67. The van der Waals surface area contributed by atoms with Crippen LogP contribution in [0.2, 0.25) is 5.02 Å². The Bertz CT molecular complexity index is 840. The summed E-state index contributed by atoms with van der Waals surface area (Å²) < 4.78 is 4.76. The van der Waals surface area contributed by atoms with Gasteiger partial charge in [0, 0.05) is 22.8 Å². The molecule has 0 aliphatic carbocycles. The largest absolute Gasteiger partial charge is 0.456 e. The van der Waals surface area contributed by atoms with Gasteiger partial charge in [-0.1, -0.05) is 29.8 Å². The first-order chi connectivity index (χ1) is 13.4. The molecule has 2 rings (SSSR count). The van der Waals surface area contributed by atoms with Crippen molar-refractivity contribution in [3.05, 3.63) is 65.2 Å². The van der Waals surface area contributed by atoms with Crippen molar-refractivity contribution >= 4 is 41.1 Å². The minimum atomic E-state index is -0.771. The number of carbonyl (C=O) groups is 4. The highest BCUT2D eigenvalue weighted by atomic mass is 35.5. The van der Waals surface area contributed by atoms with E-state index in [1.165, 1.54) is 0 Å². The van der Waals surface area contributed by atoms with Crippen molar-refractivity contribution in [2.75, 3.05) is 18.5 Å². The van der Waals surface area contributed by atoms with Crippen LogP contribution in [-0.2, 0) is 14.3 Å². The zero-order valence-electron chi connectivity index (χ0n) is 14.7. The second-order valence-electron chi connectivity index (χ2n) is 5.54. The van der Waals surface area contributed by atoms with E-state index in [9.17, 15) is 19.2 Å². The van der Waals surface area contributed by atoms with Crippen LogP contribution in [0.4, 0.5) is 10.5 Å². The molecule has 0 unspecified atom stereocenters. The quantitative estimate of drug-likeness (QED) is 0.614. The molecule has 28 heavy (non-hydrogen) atoms. The van der Waals surface area contributed by atoms with E-state index in [-0.39, 0.29) is 18.9 Å². The van der Waals surface area contributed by atoms with E-state index in [2.05, 4.69) is 10.6 Å². The molecular formula is C19H18ClN3O5. The Labute approximate surface area is 166 Å². The number of imide groups is 1. The van der Waals surface area contributed by atoms with Crippen molar-refractivity contribution in [3.8, 4) is 0 Å². The van der Waals surface area contributed by atoms with E-state index < -0.39 is 24.5 Å². The van der Waals surface area contributed by atoms with Crippen LogP contribution in [-0.4, -0.2) is 37.0 Å². The Morgan fingerprint density at radius 3 is 2.29 bits per heavy atom. The number of ether oxygens (including phenoxy) is 1. The standard InChI is InChI=1S/C19H18ClN3O5/c20-14-8-6-13(7-9-14)18(26)21-11-10-17(25)28-12-16(24)23-19(27)22-15-4-2-1-3-5-15/h1-9H,10-12H2,(H,21,26)(H2,22,23,24,27).